The first kappa shape index (κ1) is 15.2. The van der Waals surface area contributed by atoms with Gasteiger partial charge in [-0.1, -0.05) is 24.3 Å². The van der Waals surface area contributed by atoms with Crippen LogP contribution in [0.25, 0.3) is 16.1 Å². The smallest absolute Gasteiger partial charge is 0.212 e. The van der Waals surface area contributed by atoms with Crippen LogP contribution in [0.1, 0.15) is 11.1 Å². The minimum Gasteiger partial charge on any atom is -0.497 e. The summed E-state index contributed by atoms with van der Waals surface area (Å²) in [6.45, 7) is 7.42. The van der Waals surface area contributed by atoms with Gasteiger partial charge in [0.05, 0.1) is 32.4 Å². The van der Waals surface area contributed by atoms with Crippen LogP contribution in [0.15, 0.2) is 48.5 Å². The van der Waals surface area contributed by atoms with Gasteiger partial charge in [-0.05, 0) is 35.4 Å². The zero-order chi connectivity index (χ0) is 15.9. The number of hydrogen-bond donors (Lipinski definition) is 0. The van der Waals surface area contributed by atoms with E-state index in [1.54, 1.807) is 62.8 Å². The molecule has 4 nitrogen and oxygen atoms in total. The zero-order valence-corrected chi connectivity index (χ0v) is 12.3. The molecule has 22 heavy (non-hydrogen) atoms. The number of methoxy groups -OCH3 is 2. The molecule has 4 heteroatoms. The van der Waals surface area contributed by atoms with Gasteiger partial charge >= 0.3 is 0 Å². The van der Waals surface area contributed by atoms with Gasteiger partial charge in [0.1, 0.15) is 11.5 Å². The zero-order valence-electron chi connectivity index (χ0n) is 12.3. The quantitative estimate of drug-likeness (QED) is 0.485. The van der Waals surface area contributed by atoms with Crippen molar-refractivity contribution in [2.45, 2.75) is 0 Å². The summed E-state index contributed by atoms with van der Waals surface area (Å²) in [6.07, 6.45) is 0. The highest BCUT2D eigenvalue weighted by molar-refractivity contribution is 5.99. The maximum Gasteiger partial charge on any atom is 0.212 e. The highest BCUT2D eigenvalue weighted by atomic mass is 16.5. The average Bonchev–Trinajstić information content (AvgIpc) is 2.60. The molecule has 0 amide bonds. The SMILES string of the molecule is [C-]#[N+]C(=C(C#N)c1ccc(OC)cc1)c1ccc(OC)cc1. The normalized spacial score (nSPS) is 10.9. The molecule has 0 N–H and O–H groups in total. The Bertz CT molecular complexity index is 693. The number of ether oxygens (including phenoxy) is 2. The molecule has 2 aromatic rings. The second-order valence-corrected chi connectivity index (χ2v) is 4.40. The summed E-state index contributed by atoms with van der Waals surface area (Å²) in [5.74, 6) is 1.41. The Labute approximate surface area is 129 Å². The van der Waals surface area contributed by atoms with Crippen LogP contribution in [0.2, 0.25) is 0 Å². The molecule has 0 bridgehead atoms. The second kappa shape index (κ2) is 6.97. The molecule has 2 rings (SSSR count). The largest absolute Gasteiger partial charge is 0.497 e. The lowest BCUT2D eigenvalue weighted by atomic mass is 10.0. The minimum atomic E-state index is 0.315. The number of hydrogen-bond acceptors (Lipinski definition) is 3. The molecule has 0 saturated heterocycles. The van der Waals surface area contributed by atoms with Crippen LogP contribution in [0.3, 0.4) is 0 Å². The van der Waals surface area contributed by atoms with Crippen molar-refractivity contribution >= 4 is 11.3 Å². The van der Waals surface area contributed by atoms with Gasteiger partial charge in [-0.3, -0.25) is 0 Å². The molecule has 0 saturated carbocycles. The van der Waals surface area contributed by atoms with Crippen molar-refractivity contribution in [2.24, 2.45) is 0 Å². The van der Waals surface area contributed by atoms with Gasteiger partial charge in [-0.25, -0.2) is 4.85 Å². The Hall–Kier alpha value is -3.24. The molecule has 2 aromatic carbocycles. The van der Waals surface area contributed by atoms with Gasteiger partial charge in [0, 0.05) is 0 Å². The van der Waals surface area contributed by atoms with E-state index >= 15 is 0 Å². The number of rotatable bonds is 4. The van der Waals surface area contributed by atoms with E-state index in [1.165, 1.54) is 0 Å². The van der Waals surface area contributed by atoms with Crippen molar-refractivity contribution in [1.82, 2.24) is 0 Å². The Morgan fingerprint density at radius 3 is 1.73 bits per heavy atom. The molecular weight excluding hydrogens is 276 g/mol. The fraction of sp³-hybridized carbons (Fsp3) is 0.111. The van der Waals surface area contributed by atoms with E-state index < -0.39 is 0 Å². The van der Waals surface area contributed by atoms with Gasteiger partial charge in [-0.2, -0.15) is 5.26 Å². The van der Waals surface area contributed by atoms with Crippen LogP contribution < -0.4 is 9.47 Å². The predicted octanol–water partition coefficient (Wildman–Crippen LogP) is 4.01. The molecule has 0 fully saturated rings. The molecule has 0 radical (unpaired) electrons. The van der Waals surface area contributed by atoms with Crippen LogP contribution in [0.5, 0.6) is 11.5 Å². The van der Waals surface area contributed by atoms with Crippen LogP contribution in [-0.2, 0) is 0 Å². The maximum atomic E-state index is 9.46. The molecule has 0 spiro atoms. The van der Waals surface area contributed by atoms with E-state index in [0.717, 1.165) is 0 Å². The Kier molecular flexibility index (Phi) is 4.80. The van der Waals surface area contributed by atoms with Crippen LogP contribution >= 0.6 is 0 Å². The lowest BCUT2D eigenvalue weighted by molar-refractivity contribution is 0.414. The van der Waals surface area contributed by atoms with Gasteiger partial charge < -0.3 is 9.47 Å². The van der Waals surface area contributed by atoms with Crippen molar-refractivity contribution in [2.75, 3.05) is 14.2 Å². The molecule has 0 heterocycles. The predicted molar refractivity (Wildman–Crippen MR) is 85.0 cm³/mol. The molecule has 108 valence electrons. The van der Waals surface area contributed by atoms with Crippen LogP contribution in [0, 0.1) is 17.9 Å². The maximum absolute atomic E-state index is 9.46. The van der Waals surface area contributed by atoms with Crippen molar-refractivity contribution in [3.05, 3.63) is 71.1 Å². The molecule has 0 aliphatic carbocycles. The third kappa shape index (κ3) is 3.08. The number of nitrogens with zero attached hydrogens (tertiary/aromatic N) is 2. The highest BCUT2D eigenvalue weighted by Gasteiger charge is 2.12. The van der Waals surface area contributed by atoms with E-state index in [2.05, 4.69) is 10.9 Å². The van der Waals surface area contributed by atoms with E-state index in [4.69, 9.17) is 16.0 Å². The topological polar surface area (TPSA) is 46.6 Å². The van der Waals surface area contributed by atoms with E-state index in [9.17, 15) is 5.26 Å². The molecular formula is C18H14N2O2. The number of allylic oxidation sites excluding steroid dienone is 1. The Balaban J connectivity index is 2.52. The van der Waals surface area contributed by atoms with Gasteiger partial charge in [0.25, 0.3) is 0 Å². The van der Waals surface area contributed by atoms with Crippen molar-refractivity contribution < 1.29 is 9.47 Å². The van der Waals surface area contributed by atoms with Gasteiger partial charge in [0.15, 0.2) is 0 Å². The first-order chi connectivity index (χ1) is 10.7. The Morgan fingerprint density at radius 2 is 1.36 bits per heavy atom. The van der Waals surface area contributed by atoms with E-state index in [0.29, 0.717) is 33.9 Å². The summed E-state index contributed by atoms with van der Waals surface area (Å²) in [5, 5.41) is 9.46. The fourth-order valence-electron chi connectivity index (χ4n) is 2.03. The van der Waals surface area contributed by atoms with Gasteiger partial charge in [0.2, 0.25) is 5.70 Å². The fourth-order valence-corrected chi connectivity index (χ4v) is 2.03. The summed E-state index contributed by atoms with van der Waals surface area (Å²) >= 11 is 0. The third-order valence-corrected chi connectivity index (χ3v) is 3.20. The van der Waals surface area contributed by atoms with Crippen LogP contribution in [0.4, 0.5) is 0 Å². The molecule has 0 aliphatic rings. The number of nitriles is 1. The third-order valence-electron chi connectivity index (χ3n) is 3.20. The Morgan fingerprint density at radius 1 is 0.909 bits per heavy atom. The second-order valence-electron chi connectivity index (χ2n) is 4.40. The first-order valence-corrected chi connectivity index (χ1v) is 6.54. The van der Waals surface area contributed by atoms with Crippen LogP contribution in [-0.4, -0.2) is 14.2 Å². The summed E-state index contributed by atoms with van der Waals surface area (Å²) in [5.41, 5.74) is 2.02. The van der Waals surface area contributed by atoms with Crippen molar-refractivity contribution in [3.63, 3.8) is 0 Å². The lowest BCUT2D eigenvalue weighted by Gasteiger charge is -2.06. The molecule has 0 unspecified atom stereocenters. The summed E-state index contributed by atoms with van der Waals surface area (Å²) in [4.78, 5) is 3.54. The molecule has 0 atom stereocenters. The van der Waals surface area contributed by atoms with Gasteiger partial charge in [-0.15, -0.1) is 0 Å². The standard InChI is InChI=1S/C18H14N2O2/c1-20-18(14-6-10-16(22-3)11-7-14)17(12-19)13-4-8-15(21-2)9-5-13/h4-11H,2-3H3. The van der Waals surface area contributed by atoms with E-state index in [-0.39, 0.29) is 0 Å². The summed E-state index contributed by atoms with van der Waals surface area (Å²) in [7, 11) is 3.16. The van der Waals surface area contributed by atoms with Crippen molar-refractivity contribution in [1.29, 1.82) is 5.26 Å². The number of benzene rings is 2. The lowest BCUT2D eigenvalue weighted by Crippen LogP contribution is -1.90. The molecule has 0 aromatic heterocycles. The highest BCUT2D eigenvalue weighted by Crippen LogP contribution is 2.29. The summed E-state index contributed by atoms with van der Waals surface area (Å²) < 4.78 is 10.2. The van der Waals surface area contributed by atoms with Crippen molar-refractivity contribution in [3.8, 4) is 17.6 Å². The molecule has 0 aliphatic heterocycles. The van der Waals surface area contributed by atoms with E-state index in [1.807, 2.05) is 0 Å². The summed E-state index contributed by atoms with van der Waals surface area (Å²) in [6, 6.07) is 16.3. The monoisotopic (exact) mass is 290 g/mol. The first-order valence-electron chi connectivity index (χ1n) is 6.54. The minimum absolute atomic E-state index is 0.315. The average molecular weight is 290 g/mol.